The number of benzene rings is 3. The molecule has 0 bridgehead atoms. The van der Waals surface area contributed by atoms with Crippen molar-refractivity contribution in [1.29, 1.82) is 0 Å². The molecule has 0 spiro atoms. The monoisotopic (exact) mass is 471 g/mol. The van der Waals surface area contributed by atoms with Crippen LogP contribution in [0.1, 0.15) is 39.2 Å². The number of thiocarbonyl (C=S) groups is 1. The van der Waals surface area contributed by atoms with Crippen LogP contribution in [0.4, 0.5) is 5.69 Å². The molecule has 0 saturated carbocycles. The lowest BCUT2D eigenvalue weighted by Crippen LogP contribution is -2.34. The van der Waals surface area contributed by atoms with Gasteiger partial charge in [0.25, 0.3) is 11.8 Å². The molecule has 0 aliphatic rings. The Balaban J connectivity index is 1.56. The fraction of sp³-hybridized carbons (Fsp3) is 0.0870. The summed E-state index contributed by atoms with van der Waals surface area (Å²) in [6.45, 7) is 1.93. The molecule has 0 heterocycles. The van der Waals surface area contributed by atoms with E-state index in [-0.39, 0.29) is 17.1 Å². The Labute approximate surface area is 195 Å². The quantitative estimate of drug-likeness (QED) is 0.422. The smallest absolute Gasteiger partial charge is 0.257 e. The van der Waals surface area contributed by atoms with Crippen LogP contribution in [0, 0.1) is 0 Å². The number of anilines is 1. The van der Waals surface area contributed by atoms with Crippen LogP contribution >= 0.6 is 35.4 Å². The molecule has 0 aliphatic heterocycles. The van der Waals surface area contributed by atoms with E-state index in [4.69, 9.17) is 35.4 Å². The third kappa shape index (κ3) is 6.52. The van der Waals surface area contributed by atoms with E-state index in [0.29, 0.717) is 26.9 Å². The van der Waals surface area contributed by atoms with Crippen molar-refractivity contribution >= 4 is 58.0 Å². The molecule has 0 saturated heterocycles. The molecular formula is C23H19Cl2N3O2S. The number of nitrogens with one attached hydrogen (secondary N) is 3. The maximum absolute atomic E-state index is 12.5. The molecule has 158 valence electrons. The number of hydrogen-bond acceptors (Lipinski definition) is 3. The lowest BCUT2D eigenvalue weighted by Gasteiger charge is -2.15. The van der Waals surface area contributed by atoms with Gasteiger partial charge in [-0.3, -0.25) is 14.9 Å². The summed E-state index contributed by atoms with van der Waals surface area (Å²) < 4.78 is 0. The fourth-order valence-electron chi connectivity index (χ4n) is 2.83. The largest absolute Gasteiger partial charge is 0.346 e. The molecule has 0 fully saturated rings. The molecule has 1 atom stereocenters. The van der Waals surface area contributed by atoms with E-state index in [1.54, 1.807) is 24.3 Å². The van der Waals surface area contributed by atoms with E-state index in [1.165, 1.54) is 18.2 Å². The summed E-state index contributed by atoms with van der Waals surface area (Å²) in [5, 5.41) is 9.25. The molecule has 0 aromatic heterocycles. The second-order valence-electron chi connectivity index (χ2n) is 6.75. The van der Waals surface area contributed by atoms with Crippen LogP contribution < -0.4 is 16.0 Å². The Morgan fingerprint density at radius 3 is 2.06 bits per heavy atom. The van der Waals surface area contributed by atoms with Gasteiger partial charge in [0.05, 0.1) is 6.04 Å². The van der Waals surface area contributed by atoms with Crippen LogP contribution in [0.5, 0.6) is 0 Å². The van der Waals surface area contributed by atoms with Gasteiger partial charge in [-0.2, -0.15) is 0 Å². The normalized spacial score (nSPS) is 11.3. The van der Waals surface area contributed by atoms with Gasteiger partial charge in [0.2, 0.25) is 0 Å². The number of carbonyl (C=O) groups is 2. The van der Waals surface area contributed by atoms with Crippen molar-refractivity contribution in [2.45, 2.75) is 13.0 Å². The van der Waals surface area contributed by atoms with Crippen molar-refractivity contribution in [1.82, 2.24) is 10.6 Å². The van der Waals surface area contributed by atoms with Gasteiger partial charge in [0.15, 0.2) is 5.11 Å². The molecule has 3 aromatic rings. The average Bonchev–Trinajstić information content (AvgIpc) is 2.74. The highest BCUT2D eigenvalue weighted by Gasteiger charge is 2.12. The van der Waals surface area contributed by atoms with Crippen molar-refractivity contribution < 1.29 is 9.59 Å². The molecule has 0 radical (unpaired) electrons. The summed E-state index contributed by atoms with van der Waals surface area (Å²) in [6, 6.07) is 20.9. The van der Waals surface area contributed by atoms with E-state index in [1.807, 2.05) is 37.3 Å². The zero-order valence-electron chi connectivity index (χ0n) is 16.5. The van der Waals surface area contributed by atoms with E-state index in [0.717, 1.165) is 5.56 Å². The Hall–Kier alpha value is -2.93. The van der Waals surface area contributed by atoms with Crippen molar-refractivity contribution in [3.05, 3.63) is 99.5 Å². The summed E-state index contributed by atoms with van der Waals surface area (Å²) in [6.07, 6.45) is 0. The molecule has 3 rings (SSSR count). The van der Waals surface area contributed by atoms with Gasteiger partial charge in [-0.1, -0.05) is 53.5 Å². The highest BCUT2D eigenvalue weighted by atomic mass is 35.5. The van der Waals surface area contributed by atoms with Gasteiger partial charge in [-0.15, -0.1) is 0 Å². The zero-order chi connectivity index (χ0) is 22.4. The van der Waals surface area contributed by atoms with Crippen LogP contribution in [0.3, 0.4) is 0 Å². The van der Waals surface area contributed by atoms with Gasteiger partial charge in [0, 0.05) is 26.9 Å². The summed E-state index contributed by atoms with van der Waals surface area (Å²) in [4.78, 5) is 24.8. The zero-order valence-corrected chi connectivity index (χ0v) is 18.8. The second kappa shape index (κ2) is 10.4. The van der Waals surface area contributed by atoms with Crippen LogP contribution in [-0.2, 0) is 0 Å². The number of halogens is 2. The van der Waals surface area contributed by atoms with Crippen molar-refractivity contribution in [2.24, 2.45) is 0 Å². The van der Waals surface area contributed by atoms with Gasteiger partial charge in [-0.05, 0) is 67.2 Å². The predicted molar refractivity (Wildman–Crippen MR) is 129 cm³/mol. The molecule has 3 aromatic carbocycles. The summed E-state index contributed by atoms with van der Waals surface area (Å²) >= 11 is 17.0. The Morgan fingerprint density at radius 2 is 1.45 bits per heavy atom. The van der Waals surface area contributed by atoms with Gasteiger partial charge >= 0.3 is 0 Å². The molecule has 0 aliphatic carbocycles. The van der Waals surface area contributed by atoms with E-state index < -0.39 is 5.91 Å². The first-order chi connectivity index (χ1) is 14.8. The fourth-order valence-corrected chi connectivity index (χ4v) is 3.57. The minimum absolute atomic E-state index is 0.107. The summed E-state index contributed by atoms with van der Waals surface area (Å²) in [5.41, 5.74) is 2.45. The summed E-state index contributed by atoms with van der Waals surface area (Å²) in [7, 11) is 0. The molecule has 2 amide bonds. The lowest BCUT2D eigenvalue weighted by molar-refractivity contribution is 0.0938. The van der Waals surface area contributed by atoms with Gasteiger partial charge < -0.3 is 10.6 Å². The highest BCUT2D eigenvalue weighted by Crippen LogP contribution is 2.19. The summed E-state index contributed by atoms with van der Waals surface area (Å²) in [5.74, 6) is -0.621. The number of rotatable bonds is 5. The first-order valence-corrected chi connectivity index (χ1v) is 10.5. The Morgan fingerprint density at radius 1 is 0.839 bits per heavy atom. The van der Waals surface area contributed by atoms with Crippen LogP contribution in [0.2, 0.25) is 10.0 Å². The van der Waals surface area contributed by atoms with E-state index in [9.17, 15) is 9.59 Å². The van der Waals surface area contributed by atoms with Crippen molar-refractivity contribution in [2.75, 3.05) is 5.32 Å². The first kappa shape index (κ1) is 22.7. The third-order valence-electron chi connectivity index (χ3n) is 4.40. The molecule has 8 heteroatoms. The standard InChI is InChI=1S/C23H19Cl2N3O2S/c1-14(15-5-3-2-4-6-15)26-21(29)16-7-9-20(10-8-16)27-23(31)28-22(30)17-11-18(24)13-19(25)12-17/h2-14H,1H3,(H,26,29)(H2,27,28,30,31). The van der Waals surface area contributed by atoms with Crippen LogP contribution in [0.25, 0.3) is 0 Å². The topological polar surface area (TPSA) is 70.2 Å². The third-order valence-corrected chi connectivity index (χ3v) is 5.04. The Kier molecular flexibility index (Phi) is 7.63. The lowest BCUT2D eigenvalue weighted by atomic mass is 10.1. The Bertz CT molecular complexity index is 1090. The first-order valence-electron chi connectivity index (χ1n) is 9.36. The van der Waals surface area contributed by atoms with E-state index in [2.05, 4.69) is 16.0 Å². The number of amides is 2. The van der Waals surface area contributed by atoms with Gasteiger partial charge in [-0.25, -0.2) is 0 Å². The maximum Gasteiger partial charge on any atom is 0.257 e. The van der Waals surface area contributed by atoms with Crippen LogP contribution in [0.15, 0.2) is 72.8 Å². The average molecular weight is 472 g/mol. The van der Waals surface area contributed by atoms with Crippen molar-refractivity contribution in [3.63, 3.8) is 0 Å². The van der Waals surface area contributed by atoms with Gasteiger partial charge in [0.1, 0.15) is 0 Å². The predicted octanol–water partition coefficient (Wildman–Crippen LogP) is 5.61. The molecular weight excluding hydrogens is 453 g/mol. The SMILES string of the molecule is CC(NC(=O)c1ccc(NC(=S)NC(=O)c2cc(Cl)cc(Cl)c2)cc1)c1ccccc1. The molecule has 31 heavy (non-hydrogen) atoms. The number of carbonyl (C=O) groups excluding carboxylic acids is 2. The molecule has 5 nitrogen and oxygen atoms in total. The minimum atomic E-state index is -0.437. The molecule has 3 N–H and O–H groups in total. The highest BCUT2D eigenvalue weighted by molar-refractivity contribution is 7.80. The molecule has 1 unspecified atom stereocenters. The number of hydrogen-bond donors (Lipinski definition) is 3. The van der Waals surface area contributed by atoms with Crippen LogP contribution in [-0.4, -0.2) is 16.9 Å². The second-order valence-corrected chi connectivity index (χ2v) is 8.03. The maximum atomic E-state index is 12.5. The minimum Gasteiger partial charge on any atom is -0.346 e. The van der Waals surface area contributed by atoms with E-state index >= 15 is 0 Å². The van der Waals surface area contributed by atoms with Crippen molar-refractivity contribution in [3.8, 4) is 0 Å².